The maximum atomic E-state index is 12.4. The minimum Gasteiger partial charge on any atom is -0.324 e. The smallest absolute Gasteiger partial charge is 0.324 e. The standard InChI is InChI=1S/C13H15F3N2O/c14-13(15,16)9-3-5-10(6-4-9)18-11(19)12(17)7-1-2-8-12/h3-6H,1-2,7-8,17H2,(H,18,19). The quantitative estimate of drug-likeness (QED) is 0.869. The topological polar surface area (TPSA) is 55.1 Å². The highest BCUT2D eigenvalue weighted by atomic mass is 19.4. The van der Waals surface area contributed by atoms with Gasteiger partial charge in [0.05, 0.1) is 11.1 Å². The van der Waals surface area contributed by atoms with Crippen molar-refractivity contribution in [3.63, 3.8) is 0 Å². The maximum Gasteiger partial charge on any atom is 0.416 e. The molecule has 1 saturated carbocycles. The van der Waals surface area contributed by atoms with Crippen LogP contribution in [0.25, 0.3) is 0 Å². The number of nitrogens with one attached hydrogen (secondary N) is 1. The van der Waals surface area contributed by atoms with Gasteiger partial charge in [0.1, 0.15) is 0 Å². The molecule has 104 valence electrons. The molecule has 3 nitrogen and oxygen atoms in total. The molecule has 3 N–H and O–H groups in total. The Morgan fingerprint density at radius 1 is 1.16 bits per heavy atom. The van der Waals surface area contributed by atoms with Crippen molar-refractivity contribution in [1.82, 2.24) is 0 Å². The number of carbonyl (C=O) groups excluding carboxylic acids is 1. The van der Waals surface area contributed by atoms with Crippen LogP contribution >= 0.6 is 0 Å². The first kappa shape index (κ1) is 13.9. The average Bonchev–Trinajstić information content (AvgIpc) is 2.77. The number of halogens is 3. The lowest BCUT2D eigenvalue weighted by Crippen LogP contribution is -2.48. The van der Waals surface area contributed by atoms with E-state index in [0.29, 0.717) is 18.5 Å². The van der Waals surface area contributed by atoms with Gasteiger partial charge >= 0.3 is 6.18 Å². The summed E-state index contributed by atoms with van der Waals surface area (Å²) in [6.07, 6.45) is -1.35. The Hall–Kier alpha value is -1.56. The molecule has 0 spiro atoms. The van der Waals surface area contributed by atoms with Crippen LogP contribution in [0.15, 0.2) is 24.3 Å². The number of carbonyl (C=O) groups is 1. The molecule has 1 amide bonds. The minimum absolute atomic E-state index is 0.328. The third-order valence-electron chi connectivity index (χ3n) is 3.42. The predicted octanol–water partition coefficient (Wildman–Crippen LogP) is 2.92. The highest BCUT2D eigenvalue weighted by Crippen LogP contribution is 2.31. The summed E-state index contributed by atoms with van der Waals surface area (Å²) in [6.45, 7) is 0. The van der Waals surface area contributed by atoms with Crippen molar-refractivity contribution < 1.29 is 18.0 Å². The molecular weight excluding hydrogens is 257 g/mol. The number of anilines is 1. The van der Waals surface area contributed by atoms with E-state index < -0.39 is 17.3 Å². The first-order valence-electron chi connectivity index (χ1n) is 6.09. The summed E-state index contributed by atoms with van der Waals surface area (Å²) in [5.74, 6) is -0.329. The lowest BCUT2D eigenvalue weighted by molar-refractivity contribution is -0.137. The summed E-state index contributed by atoms with van der Waals surface area (Å²) >= 11 is 0. The summed E-state index contributed by atoms with van der Waals surface area (Å²) in [4.78, 5) is 12.0. The summed E-state index contributed by atoms with van der Waals surface area (Å²) in [5.41, 5.74) is 4.66. The molecule has 0 heterocycles. The molecule has 0 atom stereocenters. The summed E-state index contributed by atoms with van der Waals surface area (Å²) in [6, 6.07) is 4.35. The largest absolute Gasteiger partial charge is 0.416 e. The van der Waals surface area contributed by atoms with E-state index in [4.69, 9.17) is 5.73 Å². The third kappa shape index (κ3) is 3.07. The molecule has 1 aliphatic rings. The molecule has 2 rings (SSSR count). The van der Waals surface area contributed by atoms with Crippen LogP contribution < -0.4 is 11.1 Å². The number of hydrogen-bond donors (Lipinski definition) is 2. The van der Waals surface area contributed by atoms with Gasteiger partial charge < -0.3 is 11.1 Å². The molecule has 0 saturated heterocycles. The number of hydrogen-bond acceptors (Lipinski definition) is 2. The number of alkyl halides is 3. The molecule has 19 heavy (non-hydrogen) atoms. The van der Waals surface area contributed by atoms with Crippen LogP contribution in [0.1, 0.15) is 31.2 Å². The second-order valence-corrected chi connectivity index (χ2v) is 4.89. The fourth-order valence-electron chi connectivity index (χ4n) is 2.23. The van der Waals surface area contributed by atoms with E-state index in [2.05, 4.69) is 5.32 Å². The van der Waals surface area contributed by atoms with Crippen molar-refractivity contribution in [3.8, 4) is 0 Å². The molecule has 0 aliphatic heterocycles. The summed E-state index contributed by atoms with van der Waals surface area (Å²) in [5, 5.41) is 2.57. The third-order valence-corrected chi connectivity index (χ3v) is 3.42. The average molecular weight is 272 g/mol. The molecule has 0 unspecified atom stereocenters. The van der Waals surface area contributed by atoms with Crippen molar-refractivity contribution in [2.24, 2.45) is 5.73 Å². The van der Waals surface area contributed by atoms with Crippen molar-refractivity contribution in [3.05, 3.63) is 29.8 Å². The van der Waals surface area contributed by atoms with Gasteiger partial charge in [-0.3, -0.25) is 4.79 Å². The zero-order valence-electron chi connectivity index (χ0n) is 10.3. The number of amides is 1. The van der Waals surface area contributed by atoms with E-state index in [-0.39, 0.29) is 5.91 Å². The van der Waals surface area contributed by atoms with Crippen molar-refractivity contribution in [1.29, 1.82) is 0 Å². The van der Waals surface area contributed by atoms with E-state index in [1.165, 1.54) is 12.1 Å². The normalized spacial score (nSPS) is 18.3. The lowest BCUT2D eigenvalue weighted by atomic mass is 9.98. The van der Waals surface area contributed by atoms with Crippen LogP contribution in [-0.2, 0) is 11.0 Å². The highest BCUT2D eigenvalue weighted by Gasteiger charge is 2.37. The molecule has 0 radical (unpaired) electrons. The Labute approximate surface area is 109 Å². The van der Waals surface area contributed by atoms with Crippen LogP contribution in [0.4, 0.5) is 18.9 Å². The van der Waals surface area contributed by atoms with E-state index in [9.17, 15) is 18.0 Å². The van der Waals surface area contributed by atoms with E-state index in [1.807, 2.05) is 0 Å². The van der Waals surface area contributed by atoms with Crippen molar-refractivity contribution in [2.45, 2.75) is 37.4 Å². The fraction of sp³-hybridized carbons (Fsp3) is 0.462. The molecular formula is C13H15F3N2O. The van der Waals surface area contributed by atoms with E-state index in [0.717, 1.165) is 25.0 Å². The molecule has 6 heteroatoms. The molecule has 0 aromatic heterocycles. The molecule has 0 bridgehead atoms. The Balaban J connectivity index is 2.06. The molecule has 1 aromatic carbocycles. The molecule has 1 aromatic rings. The summed E-state index contributed by atoms with van der Waals surface area (Å²) < 4.78 is 37.1. The van der Waals surface area contributed by atoms with Gasteiger partial charge in [-0.15, -0.1) is 0 Å². The van der Waals surface area contributed by atoms with Crippen LogP contribution in [0.2, 0.25) is 0 Å². The maximum absolute atomic E-state index is 12.4. The van der Waals surface area contributed by atoms with E-state index >= 15 is 0 Å². The SMILES string of the molecule is NC1(C(=O)Nc2ccc(C(F)(F)F)cc2)CCCC1. The van der Waals surface area contributed by atoms with Gasteiger partial charge in [-0.2, -0.15) is 13.2 Å². The van der Waals surface area contributed by atoms with Crippen molar-refractivity contribution in [2.75, 3.05) is 5.32 Å². The Morgan fingerprint density at radius 2 is 1.68 bits per heavy atom. The van der Waals surface area contributed by atoms with Crippen LogP contribution in [0.5, 0.6) is 0 Å². The summed E-state index contributed by atoms with van der Waals surface area (Å²) in [7, 11) is 0. The van der Waals surface area contributed by atoms with Crippen molar-refractivity contribution >= 4 is 11.6 Å². The van der Waals surface area contributed by atoms with Gasteiger partial charge in [0, 0.05) is 5.69 Å². The van der Waals surface area contributed by atoms with Gasteiger partial charge in [-0.25, -0.2) is 0 Å². The zero-order chi connectivity index (χ0) is 14.1. The minimum atomic E-state index is -4.37. The zero-order valence-corrected chi connectivity index (χ0v) is 10.3. The number of nitrogens with two attached hydrogens (primary N) is 1. The van der Waals surface area contributed by atoms with Gasteiger partial charge in [-0.05, 0) is 37.1 Å². The van der Waals surface area contributed by atoms with Crippen LogP contribution in [0.3, 0.4) is 0 Å². The monoisotopic (exact) mass is 272 g/mol. The van der Waals surface area contributed by atoms with Crippen LogP contribution in [-0.4, -0.2) is 11.4 Å². The number of rotatable bonds is 2. The van der Waals surface area contributed by atoms with Crippen LogP contribution in [0, 0.1) is 0 Å². The lowest BCUT2D eigenvalue weighted by Gasteiger charge is -2.22. The Bertz CT molecular complexity index is 462. The van der Waals surface area contributed by atoms with Gasteiger partial charge in [0.15, 0.2) is 0 Å². The Kier molecular flexibility index (Phi) is 3.54. The fourth-order valence-corrected chi connectivity index (χ4v) is 2.23. The van der Waals surface area contributed by atoms with Gasteiger partial charge in [0.25, 0.3) is 0 Å². The predicted molar refractivity (Wildman–Crippen MR) is 65.5 cm³/mol. The molecule has 1 fully saturated rings. The first-order chi connectivity index (χ1) is 8.81. The highest BCUT2D eigenvalue weighted by molar-refractivity contribution is 5.98. The number of benzene rings is 1. The second-order valence-electron chi connectivity index (χ2n) is 4.89. The second kappa shape index (κ2) is 4.85. The first-order valence-corrected chi connectivity index (χ1v) is 6.09. The van der Waals surface area contributed by atoms with E-state index in [1.54, 1.807) is 0 Å². The molecule has 1 aliphatic carbocycles. The van der Waals surface area contributed by atoms with Gasteiger partial charge in [-0.1, -0.05) is 12.8 Å². The Morgan fingerprint density at radius 3 is 2.16 bits per heavy atom. The van der Waals surface area contributed by atoms with Gasteiger partial charge in [0.2, 0.25) is 5.91 Å².